The molecular weight excluding hydrogens is 241 g/mol. The third-order valence-corrected chi connectivity index (χ3v) is 3.04. The van der Waals surface area contributed by atoms with Crippen LogP contribution in [0, 0.1) is 22.9 Å². The number of hydrogen-bond donors (Lipinski definition) is 0. The number of nitrogens with zero attached hydrogens (tertiary/aromatic N) is 1. The third-order valence-electron chi connectivity index (χ3n) is 3.04. The Morgan fingerprint density at radius 1 is 1.50 bits per heavy atom. The molecule has 0 spiro atoms. The molecule has 0 radical (unpaired) electrons. The van der Waals surface area contributed by atoms with Crippen LogP contribution in [0.5, 0.6) is 0 Å². The van der Waals surface area contributed by atoms with Gasteiger partial charge in [0.25, 0.3) is 0 Å². The Morgan fingerprint density at radius 2 is 2.17 bits per heavy atom. The average molecular weight is 253 g/mol. The van der Waals surface area contributed by atoms with Crippen molar-refractivity contribution in [2.24, 2.45) is 0 Å². The number of hydrogen-bond acceptors (Lipinski definition) is 4. The first-order valence-electron chi connectivity index (χ1n) is 5.64. The van der Waals surface area contributed by atoms with Crippen molar-refractivity contribution in [3.05, 3.63) is 39.2 Å². The Hall–Kier alpha value is -1.98. The molecule has 0 amide bonds. The van der Waals surface area contributed by atoms with E-state index in [0.717, 1.165) is 31.4 Å². The molecule has 1 saturated carbocycles. The van der Waals surface area contributed by atoms with Gasteiger partial charge >= 0.3 is 11.7 Å². The lowest BCUT2D eigenvalue weighted by Gasteiger charge is -2.25. The van der Waals surface area contributed by atoms with Crippen molar-refractivity contribution in [3.63, 3.8) is 0 Å². The van der Waals surface area contributed by atoms with Crippen LogP contribution < -0.4 is 0 Å². The molecule has 5 nitrogen and oxygen atoms in total. The fourth-order valence-corrected chi connectivity index (χ4v) is 1.72. The monoisotopic (exact) mass is 253 g/mol. The van der Waals surface area contributed by atoms with Crippen molar-refractivity contribution in [2.75, 3.05) is 0 Å². The van der Waals surface area contributed by atoms with Crippen LogP contribution in [0.1, 0.15) is 35.2 Å². The number of rotatable bonds is 3. The number of ether oxygens (including phenoxy) is 1. The molecule has 0 saturated heterocycles. The molecule has 1 aliphatic rings. The Morgan fingerprint density at radius 3 is 2.67 bits per heavy atom. The van der Waals surface area contributed by atoms with Gasteiger partial charge in [0.15, 0.2) is 0 Å². The standard InChI is InChI=1S/C12H12FNO4/c1-7-5-10(13)11(14(16)17)6-9(7)12(15)18-8-3-2-4-8/h5-6,8H,2-4H2,1H3. The summed E-state index contributed by atoms with van der Waals surface area (Å²) in [7, 11) is 0. The number of esters is 1. The maximum atomic E-state index is 13.3. The molecule has 0 unspecified atom stereocenters. The summed E-state index contributed by atoms with van der Waals surface area (Å²) in [5.74, 6) is -1.57. The molecule has 18 heavy (non-hydrogen) atoms. The zero-order chi connectivity index (χ0) is 13.3. The van der Waals surface area contributed by atoms with E-state index in [9.17, 15) is 19.3 Å². The van der Waals surface area contributed by atoms with Crippen molar-refractivity contribution in [2.45, 2.75) is 32.3 Å². The van der Waals surface area contributed by atoms with Gasteiger partial charge < -0.3 is 4.74 Å². The highest BCUT2D eigenvalue weighted by atomic mass is 19.1. The minimum absolute atomic E-state index is 0.0509. The minimum Gasteiger partial charge on any atom is -0.459 e. The summed E-state index contributed by atoms with van der Waals surface area (Å²) in [4.78, 5) is 21.5. The molecule has 1 fully saturated rings. The van der Waals surface area contributed by atoms with Crippen LogP contribution in [0.15, 0.2) is 12.1 Å². The summed E-state index contributed by atoms with van der Waals surface area (Å²) >= 11 is 0. The quantitative estimate of drug-likeness (QED) is 0.472. The zero-order valence-corrected chi connectivity index (χ0v) is 9.81. The molecule has 6 heteroatoms. The van der Waals surface area contributed by atoms with Gasteiger partial charge in [-0.1, -0.05) is 0 Å². The molecule has 1 aromatic carbocycles. The van der Waals surface area contributed by atoms with Crippen LogP contribution in [0.3, 0.4) is 0 Å². The maximum absolute atomic E-state index is 13.3. The second-order valence-electron chi connectivity index (χ2n) is 4.33. The van der Waals surface area contributed by atoms with Crippen LogP contribution in [-0.4, -0.2) is 17.0 Å². The van der Waals surface area contributed by atoms with Crippen molar-refractivity contribution < 1.29 is 18.8 Å². The fourth-order valence-electron chi connectivity index (χ4n) is 1.72. The van der Waals surface area contributed by atoms with Gasteiger partial charge in [0.2, 0.25) is 5.82 Å². The second kappa shape index (κ2) is 4.72. The third kappa shape index (κ3) is 2.32. The van der Waals surface area contributed by atoms with Crippen LogP contribution in [-0.2, 0) is 4.74 Å². The molecule has 0 atom stereocenters. The van der Waals surface area contributed by atoms with Crippen molar-refractivity contribution in [1.82, 2.24) is 0 Å². The second-order valence-corrected chi connectivity index (χ2v) is 4.33. The topological polar surface area (TPSA) is 69.4 Å². The average Bonchev–Trinajstić information content (AvgIpc) is 2.22. The van der Waals surface area contributed by atoms with Crippen molar-refractivity contribution in [1.29, 1.82) is 0 Å². The number of nitro benzene ring substituents is 1. The Balaban J connectivity index is 2.28. The molecule has 0 aliphatic heterocycles. The molecule has 1 aromatic rings. The molecule has 0 heterocycles. The smallest absolute Gasteiger partial charge is 0.338 e. The normalized spacial score (nSPS) is 15.0. The summed E-state index contributed by atoms with van der Waals surface area (Å²) in [6.07, 6.45) is 2.53. The lowest BCUT2D eigenvalue weighted by Crippen LogP contribution is -2.25. The van der Waals surface area contributed by atoms with Gasteiger partial charge in [-0.3, -0.25) is 10.1 Å². The minimum atomic E-state index is -0.947. The predicted octanol–water partition coefficient (Wildman–Crippen LogP) is 2.75. The van der Waals surface area contributed by atoms with E-state index in [4.69, 9.17) is 4.74 Å². The van der Waals surface area contributed by atoms with Gasteiger partial charge in [-0.15, -0.1) is 0 Å². The van der Waals surface area contributed by atoms with Crippen molar-refractivity contribution >= 4 is 11.7 Å². The van der Waals surface area contributed by atoms with Gasteiger partial charge in [0, 0.05) is 6.07 Å². The number of aryl methyl sites for hydroxylation is 1. The summed E-state index contributed by atoms with van der Waals surface area (Å²) in [6, 6.07) is 1.92. The van der Waals surface area contributed by atoms with Gasteiger partial charge in [0.05, 0.1) is 10.5 Å². The summed E-state index contributed by atoms with van der Waals surface area (Å²) in [5, 5.41) is 10.6. The summed E-state index contributed by atoms with van der Waals surface area (Å²) < 4.78 is 18.4. The van der Waals surface area contributed by atoms with Gasteiger partial charge in [-0.05, 0) is 37.8 Å². The summed E-state index contributed by atoms with van der Waals surface area (Å²) in [5.41, 5.74) is -0.321. The Labute approximate surface area is 103 Å². The predicted molar refractivity (Wildman–Crippen MR) is 60.8 cm³/mol. The lowest BCUT2D eigenvalue weighted by molar-refractivity contribution is -0.387. The number of benzene rings is 1. The largest absolute Gasteiger partial charge is 0.459 e. The van der Waals surface area contributed by atoms with Crippen LogP contribution in [0.2, 0.25) is 0 Å². The first kappa shape index (κ1) is 12.5. The molecule has 1 aliphatic carbocycles. The molecular formula is C12H12FNO4. The number of carbonyl (C=O) groups is 1. The maximum Gasteiger partial charge on any atom is 0.338 e. The molecule has 96 valence electrons. The van der Waals surface area contributed by atoms with E-state index in [1.807, 2.05) is 0 Å². The molecule has 0 aromatic heterocycles. The van der Waals surface area contributed by atoms with E-state index >= 15 is 0 Å². The van der Waals surface area contributed by atoms with Gasteiger partial charge in [0.1, 0.15) is 6.10 Å². The first-order valence-corrected chi connectivity index (χ1v) is 5.64. The highest BCUT2D eigenvalue weighted by Gasteiger charge is 2.26. The highest BCUT2D eigenvalue weighted by molar-refractivity contribution is 5.92. The molecule has 0 N–H and O–H groups in total. The zero-order valence-electron chi connectivity index (χ0n) is 9.81. The highest BCUT2D eigenvalue weighted by Crippen LogP contribution is 2.26. The number of carbonyl (C=O) groups excluding carboxylic acids is 1. The molecule has 0 bridgehead atoms. The summed E-state index contributed by atoms with van der Waals surface area (Å²) in [6.45, 7) is 1.52. The number of halogens is 1. The van der Waals surface area contributed by atoms with E-state index in [0.29, 0.717) is 5.56 Å². The van der Waals surface area contributed by atoms with Crippen LogP contribution in [0.4, 0.5) is 10.1 Å². The van der Waals surface area contributed by atoms with E-state index in [1.165, 1.54) is 6.92 Å². The Bertz CT molecular complexity index is 511. The van der Waals surface area contributed by atoms with Crippen molar-refractivity contribution in [3.8, 4) is 0 Å². The molecule has 2 rings (SSSR count). The van der Waals surface area contributed by atoms with Gasteiger partial charge in [-0.25, -0.2) is 4.79 Å². The number of nitro groups is 1. The van der Waals surface area contributed by atoms with E-state index < -0.39 is 22.4 Å². The van der Waals surface area contributed by atoms with Crippen LogP contribution in [0.25, 0.3) is 0 Å². The van der Waals surface area contributed by atoms with Gasteiger partial charge in [-0.2, -0.15) is 4.39 Å². The SMILES string of the molecule is Cc1cc(F)c([N+](=O)[O-])cc1C(=O)OC1CCC1. The van der Waals surface area contributed by atoms with Crippen LogP contribution >= 0.6 is 0 Å². The first-order chi connectivity index (χ1) is 8.49. The van der Waals surface area contributed by atoms with E-state index in [-0.39, 0.29) is 11.7 Å². The Kier molecular flexibility index (Phi) is 3.27. The van der Waals surface area contributed by atoms with E-state index in [1.54, 1.807) is 0 Å². The lowest BCUT2D eigenvalue weighted by atomic mass is 9.96. The van der Waals surface area contributed by atoms with E-state index in [2.05, 4.69) is 0 Å². The fraction of sp³-hybridized carbons (Fsp3) is 0.417.